The van der Waals surface area contributed by atoms with E-state index < -0.39 is 18.0 Å². The Morgan fingerprint density at radius 2 is 2.00 bits per heavy atom. The minimum atomic E-state index is -0.927. The number of aryl methyl sites for hydroxylation is 2. The molecule has 0 fully saturated rings. The number of nitrogens with two attached hydrogens (primary N) is 1. The number of nitrogens with zero attached hydrogens (tertiary/aromatic N) is 2. The van der Waals surface area contributed by atoms with E-state index in [0.717, 1.165) is 36.9 Å². The number of amides is 2. The second-order valence-corrected chi connectivity index (χ2v) is 8.30. The first kappa shape index (κ1) is 20.1. The molecule has 30 heavy (non-hydrogen) atoms. The van der Waals surface area contributed by atoms with Crippen LogP contribution >= 0.6 is 11.3 Å². The summed E-state index contributed by atoms with van der Waals surface area (Å²) in [5.74, 6) is -0.634. The maximum Gasteiger partial charge on any atom is 0.329 e. The molecule has 156 valence electrons. The Bertz CT molecular complexity index is 1140. The first-order valence-corrected chi connectivity index (χ1v) is 10.6. The van der Waals surface area contributed by atoms with Crippen LogP contribution in [0.5, 0.6) is 0 Å². The third kappa shape index (κ3) is 4.35. The molecular formula is C21H22N4O4S. The van der Waals surface area contributed by atoms with Gasteiger partial charge in [-0.3, -0.25) is 9.20 Å². The van der Waals surface area contributed by atoms with Crippen molar-refractivity contribution >= 4 is 28.3 Å². The maximum atomic E-state index is 12.6. The summed E-state index contributed by atoms with van der Waals surface area (Å²) >= 11 is 1.52. The number of aromatic nitrogens is 2. The van der Waals surface area contributed by atoms with Crippen molar-refractivity contribution in [3.63, 3.8) is 0 Å². The minimum Gasteiger partial charge on any atom is -0.458 e. The van der Waals surface area contributed by atoms with Crippen LogP contribution in [0.25, 0.3) is 4.96 Å². The Balaban J connectivity index is 1.49. The lowest BCUT2D eigenvalue weighted by molar-refractivity contribution is -0.147. The van der Waals surface area contributed by atoms with Crippen molar-refractivity contribution in [3.05, 3.63) is 68.6 Å². The Morgan fingerprint density at radius 3 is 2.77 bits per heavy atom. The zero-order valence-electron chi connectivity index (χ0n) is 16.3. The highest BCUT2D eigenvalue weighted by molar-refractivity contribution is 7.17. The van der Waals surface area contributed by atoms with Crippen LogP contribution in [-0.4, -0.2) is 27.4 Å². The number of nitrogens with one attached hydrogen (secondary N) is 1. The number of hydrogen-bond donors (Lipinski definition) is 2. The molecular weight excluding hydrogens is 404 g/mol. The van der Waals surface area contributed by atoms with E-state index in [0.29, 0.717) is 10.7 Å². The molecule has 1 atom stereocenters. The molecule has 1 aromatic carbocycles. The smallest absolute Gasteiger partial charge is 0.329 e. The quantitative estimate of drug-likeness (QED) is 0.585. The van der Waals surface area contributed by atoms with Crippen LogP contribution in [0.15, 0.2) is 41.2 Å². The molecule has 0 radical (unpaired) electrons. The number of benzene rings is 1. The highest BCUT2D eigenvalue weighted by Crippen LogP contribution is 2.28. The van der Waals surface area contributed by atoms with Crippen LogP contribution in [0.2, 0.25) is 0 Å². The lowest BCUT2D eigenvalue weighted by atomic mass is 10.0. The lowest BCUT2D eigenvalue weighted by Gasteiger charge is -2.16. The summed E-state index contributed by atoms with van der Waals surface area (Å²) in [4.78, 5) is 42.8. The molecule has 0 saturated heterocycles. The van der Waals surface area contributed by atoms with E-state index in [2.05, 4.69) is 10.3 Å². The number of primary amides is 1. The average Bonchev–Trinajstić information content (AvgIpc) is 3.11. The molecule has 0 spiro atoms. The summed E-state index contributed by atoms with van der Waals surface area (Å²) in [5, 5.41) is 2.42. The van der Waals surface area contributed by atoms with E-state index in [4.69, 9.17) is 10.5 Å². The number of carbonyl (C=O) groups is 2. The zero-order chi connectivity index (χ0) is 21.1. The molecule has 0 aliphatic heterocycles. The van der Waals surface area contributed by atoms with Gasteiger partial charge in [-0.25, -0.2) is 14.6 Å². The Hall–Kier alpha value is -3.20. The van der Waals surface area contributed by atoms with Gasteiger partial charge in [-0.15, -0.1) is 11.3 Å². The van der Waals surface area contributed by atoms with Crippen LogP contribution in [0.4, 0.5) is 4.79 Å². The molecule has 1 aliphatic rings. The van der Waals surface area contributed by atoms with Gasteiger partial charge in [-0.2, -0.15) is 0 Å². The SMILES string of the molecule is NC(=O)NC(Cc1ccccc1)C(=O)OCc1cc(=O)n2c3c(sc2n1)CCCC3. The van der Waals surface area contributed by atoms with Gasteiger partial charge in [0.25, 0.3) is 5.56 Å². The second-order valence-electron chi connectivity index (χ2n) is 7.24. The van der Waals surface area contributed by atoms with Gasteiger partial charge < -0.3 is 15.8 Å². The number of hydrogen-bond acceptors (Lipinski definition) is 6. The summed E-state index contributed by atoms with van der Waals surface area (Å²) in [7, 11) is 0. The van der Waals surface area contributed by atoms with Gasteiger partial charge in [0.15, 0.2) is 4.96 Å². The van der Waals surface area contributed by atoms with E-state index in [9.17, 15) is 14.4 Å². The molecule has 3 aromatic rings. The standard InChI is InChI=1S/C21H22N4O4S/c22-20(28)24-15(10-13-6-2-1-3-7-13)19(27)29-12-14-11-18(26)25-16-8-4-5-9-17(16)30-21(25)23-14/h1-3,6-7,11,15H,4-5,8-10,12H2,(H3,22,24,28). The molecule has 2 heterocycles. The molecule has 1 aliphatic carbocycles. The van der Waals surface area contributed by atoms with E-state index in [-0.39, 0.29) is 18.6 Å². The van der Waals surface area contributed by atoms with Gasteiger partial charge in [0, 0.05) is 23.1 Å². The number of carbonyl (C=O) groups excluding carboxylic acids is 2. The highest BCUT2D eigenvalue weighted by Gasteiger charge is 2.23. The highest BCUT2D eigenvalue weighted by atomic mass is 32.1. The molecule has 0 saturated carbocycles. The molecule has 1 unspecified atom stereocenters. The lowest BCUT2D eigenvalue weighted by Crippen LogP contribution is -2.45. The zero-order valence-corrected chi connectivity index (χ0v) is 17.1. The van der Waals surface area contributed by atoms with Gasteiger partial charge in [-0.05, 0) is 31.2 Å². The normalized spacial score (nSPS) is 14.1. The van der Waals surface area contributed by atoms with E-state index in [1.807, 2.05) is 30.3 Å². The molecule has 3 N–H and O–H groups in total. The van der Waals surface area contributed by atoms with E-state index in [1.54, 1.807) is 4.40 Å². The Morgan fingerprint density at radius 1 is 1.23 bits per heavy atom. The first-order chi connectivity index (χ1) is 14.5. The Kier molecular flexibility index (Phi) is 5.80. The fourth-order valence-electron chi connectivity index (χ4n) is 3.68. The number of thiazole rings is 1. The van der Waals surface area contributed by atoms with E-state index >= 15 is 0 Å². The van der Waals surface area contributed by atoms with Gasteiger partial charge in [0.1, 0.15) is 12.6 Å². The fourth-order valence-corrected chi connectivity index (χ4v) is 4.91. The molecule has 0 bridgehead atoms. The van der Waals surface area contributed by atoms with Crippen molar-refractivity contribution in [1.29, 1.82) is 0 Å². The van der Waals surface area contributed by atoms with E-state index in [1.165, 1.54) is 22.3 Å². The van der Waals surface area contributed by atoms with Crippen LogP contribution in [-0.2, 0) is 35.4 Å². The summed E-state index contributed by atoms with van der Waals surface area (Å²) < 4.78 is 7.02. The second kappa shape index (κ2) is 8.66. The van der Waals surface area contributed by atoms with Crippen molar-refractivity contribution in [1.82, 2.24) is 14.7 Å². The number of rotatable bonds is 6. The number of fused-ring (bicyclic) bond motifs is 3. The van der Waals surface area contributed by atoms with Crippen molar-refractivity contribution in [3.8, 4) is 0 Å². The van der Waals surface area contributed by atoms with Gasteiger partial charge >= 0.3 is 12.0 Å². The molecule has 9 heteroatoms. The summed E-state index contributed by atoms with van der Waals surface area (Å²) in [6.07, 6.45) is 4.28. The number of ether oxygens (including phenoxy) is 1. The minimum absolute atomic E-state index is 0.154. The summed E-state index contributed by atoms with van der Waals surface area (Å²) in [6, 6.07) is 8.90. The van der Waals surface area contributed by atoms with Crippen LogP contribution in [0.3, 0.4) is 0 Å². The molecule has 8 nitrogen and oxygen atoms in total. The topological polar surface area (TPSA) is 116 Å². The monoisotopic (exact) mass is 426 g/mol. The third-order valence-corrected chi connectivity index (χ3v) is 6.20. The van der Waals surface area contributed by atoms with Crippen molar-refractivity contribution < 1.29 is 14.3 Å². The summed E-state index contributed by atoms with van der Waals surface area (Å²) in [6.45, 7) is -0.154. The van der Waals surface area contributed by atoms with Gasteiger partial charge in [-0.1, -0.05) is 30.3 Å². The third-order valence-electron chi connectivity index (χ3n) is 5.06. The van der Waals surface area contributed by atoms with Crippen molar-refractivity contribution in [2.75, 3.05) is 0 Å². The largest absolute Gasteiger partial charge is 0.458 e. The summed E-state index contributed by atoms with van der Waals surface area (Å²) in [5.41, 5.74) is 7.33. The van der Waals surface area contributed by atoms with Gasteiger partial charge in [0.05, 0.1) is 5.69 Å². The van der Waals surface area contributed by atoms with Crippen LogP contribution in [0.1, 0.15) is 34.7 Å². The molecule has 4 rings (SSSR count). The molecule has 2 amide bonds. The van der Waals surface area contributed by atoms with Crippen molar-refractivity contribution in [2.45, 2.75) is 44.8 Å². The van der Waals surface area contributed by atoms with Crippen LogP contribution < -0.4 is 16.6 Å². The number of urea groups is 1. The number of esters is 1. The molecule has 2 aromatic heterocycles. The Labute approximate surface area is 176 Å². The van der Waals surface area contributed by atoms with Crippen molar-refractivity contribution in [2.24, 2.45) is 5.73 Å². The average molecular weight is 426 g/mol. The predicted molar refractivity (Wildman–Crippen MR) is 112 cm³/mol. The maximum absolute atomic E-state index is 12.6. The van der Waals surface area contributed by atoms with Crippen LogP contribution in [0, 0.1) is 0 Å². The fraction of sp³-hybridized carbons (Fsp3) is 0.333. The first-order valence-electron chi connectivity index (χ1n) is 9.81. The van der Waals surface area contributed by atoms with Gasteiger partial charge in [0.2, 0.25) is 0 Å². The predicted octanol–water partition coefficient (Wildman–Crippen LogP) is 1.96.